The van der Waals surface area contributed by atoms with E-state index < -0.39 is 37.2 Å². The minimum atomic E-state index is -4.85. The van der Waals surface area contributed by atoms with Crippen LogP contribution in [0.2, 0.25) is 5.02 Å². The topological polar surface area (TPSA) is 159 Å². The number of hydrogen-bond acceptors (Lipinski definition) is 8. The second-order valence-corrected chi connectivity index (χ2v) is 10.1. The number of halogens is 5. The van der Waals surface area contributed by atoms with Crippen LogP contribution in [-0.2, 0) is 16.9 Å². The van der Waals surface area contributed by atoms with Gasteiger partial charge in [-0.05, 0) is 39.7 Å². The normalized spacial score (nSPS) is 11.7. The van der Waals surface area contributed by atoms with Gasteiger partial charge in [0.25, 0.3) is 5.91 Å². The molecule has 198 valence electrons. The van der Waals surface area contributed by atoms with E-state index in [1.807, 2.05) is 0 Å². The van der Waals surface area contributed by atoms with Crippen molar-refractivity contribution in [3.8, 4) is 5.75 Å². The van der Waals surface area contributed by atoms with Crippen LogP contribution in [0.15, 0.2) is 35.1 Å². The summed E-state index contributed by atoms with van der Waals surface area (Å²) in [6.45, 7) is 0. The van der Waals surface area contributed by atoms with Crippen LogP contribution in [0.3, 0.4) is 0 Å². The number of nitrogens with zero attached hydrogens (tertiary/aromatic N) is 3. The van der Waals surface area contributed by atoms with Crippen molar-refractivity contribution >= 4 is 64.2 Å². The van der Waals surface area contributed by atoms with E-state index in [9.17, 15) is 32.3 Å². The van der Waals surface area contributed by atoms with Crippen molar-refractivity contribution < 1.29 is 37.1 Å². The molecule has 0 bridgehead atoms. The molecule has 0 saturated heterocycles. The van der Waals surface area contributed by atoms with E-state index in [1.54, 1.807) is 0 Å². The molecule has 0 aliphatic heterocycles. The number of rotatable bonds is 8. The maximum atomic E-state index is 13.7. The van der Waals surface area contributed by atoms with Crippen molar-refractivity contribution in [1.29, 1.82) is 0 Å². The molecular weight excluding hydrogens is 608 g/mol. The minimum absolute atomic E-state index is 0.0374. The number of carbonyl (C=O) groups excluding carboxylic acids is 1. The summed E-state index contributed by atoms with van der Waals surface area (Å²) in [5, 5.41) is 7.41. The lowest BCUT2D eigenvalue weighted by Gasteiger charge is -2.18. The largest absolute Gasteiger partial charge is 0.493 e. The van der Waals surface area contributed by atoms with Gasteiger partial charge in [-0.25, -0.2) is 9.97 Å². The Bertz CT molecular complexity index is 1390. The Morgan fingerprint density at radius 2 is 1.84 bits per heavy atom. The molecule has 2 aromatic heterocycles. The molecule has 3 rings (SSSR count). The van der Waals surface area contributed by atoms with Crippen molar-refractivity contribution in [3.63, 3.8) is 0 Å². The van der Waals surface area contributed by atoms with E-state index in [4.69, 9.17) is 16.3 Å². The van der Waals surface area contributed by atoms with Crippen LogP contribution < -0.4 is 20.7 Å². The standard InChI is InChI=1S/C20H18BrClF3N6O5P/c1-26-18(32)15-11(5-6-13(21)30-15)28-17-10(20(23,24)25)7-27-19(31-17)29-12-4-3-9(8-37(33,34)35)14(22)16(12)36-2/h3-7H,8H2,1-2H3,(H,26,32)(H2,33,34,35)(H2,27,28,29,31). The Morgan fingerprint density at radius 3 is 2.43 bits per heavy atom. The number of alkyl halides is 3. The molecule has 0 unspecified atom stereocenters. The van der Waals surface area contributed by atoms with Gasteiger partial charge in [0, 0.05) is 13.2 Å². The minimum Gasteiger partial charge on any atom is -0.493 e. The molecule has 1 amide bonds. The van der Waals surface area contributed by atoms with Crippen molar-refractivity contribution in [2.75, 3.05) is 24.8 Å². The summed E-state index contributed by atoms with van der Waals surface area (Å²) in [7, 11) is -1.86. The monoisotopic (exact) mass is 624 g/mol. The highest BCUT2D eigenvalue weighted by atomic mass is 79.9. The van der Waals surface area contributed by atoms with Crippen molar-refractivity contribution in [1.82, 2.24) is 20.3 Å². The zero-order chi connectivity index (χ0) is 27.5. The third-order valence-corrected chi connectivity index (χ3v) is 6.26. The number of ether oxygens (including phenoxy) is 1. The number of carbonyl (C=O) groups is 1. The molecule has 0 spiro atoms. The number of pyridine rings is 1. The zero-order valence-electron chi connectivity index (χ0n) is 18.9. The highest BCUT2D eigenvalue weighted by Crippen LogP contribution is 2.45. The van der Waals surface area contributed by atoms with Crippen LogP contribution in [0.5, 0.6) is 5.75 Å². The first-order valence-electron chi connectivity index (χ1n) is 10.0. The molecule has 17 heteroatoms. The summed E-state index contributed by atoms with van der Waals surface area (Å²) in [6, 6.07) is 5.44. The molecule has 0 aliphatic carbocycles. The number of amides is 1. The second-order valence-electron chi connectivity index (χ2n) is 7.26. The predicted octanol–water partition coefficient (Wildman–Crippen LogP) is 4.84. The molecular formula is C20H18BrClF3N6O5P. The Kier molecular flexibility index (Phi) is 8.65. The summed E-state index contributed by atoms with van der Waals surface area (Å²) in [5.74, 6) is -1.68. The number of methoxy groups -OCH3 is 1. The van der Waals surface area contributed by atoms with E-state index in [1.165, 1.54) is 38.4 Å². The molecule has 5 N–H and O–H groups in total. The predicted molar refractivity (Wildman–Crippen MR) is 133 cm³/mol. The third kappa shape index (κ3) is 7.08. The fraction of sp³-hybridized carbons (Fsp3) is 0.200. The summed E-state index contributed by atoms with van der Waals surface area (Å²) in [6.07, 6.45) is -4.95. The average molecular weight is 626 g/mol. The lowest BCUT2D eigenvalue weighted by atomic mass is 10.2. The van der Waals surface area contributed by atoms with E-state index in [0.29, 0.717) is 6.20 Å². The molecule has 11 nitrogen and oxygen atoms in total. The van der Waals surface area contributed by atoms with Crippen molar-refractivity contribution in [2.24, 2.45) is 0 Å². The smallest absolute Gasteiger partial charge is 0.421 e. The van der Waals surface area contributed by atoms with E-state index in [-0.39, 0.29) is 44.0 Å². The molecule has 0 atom stereocenters. The van der Waals surface area contributed by atoms with Gasteiger partial charge < -0.3 is 30.5 Å². The fourth-order valence-corrected chi connectivity index (χ4v) is 4.48. The van der Waals surface area contributed by atoms with Crippen LogP contribution >= 0.6 is 35.1 Å². The van der Waals surface area contributed by atoms with Gasteiger partial charge >= 0.3 is 13.8 Å². The first-order valence-corrected chi connectivity index (χ1v) is 13.0. The maximum absolute atomic E-state index is 13.7. The first kappa shape index (κ1) is 28.6. The zero-order valence-corrected chi connectivity index (χ0v) is 22.1. The summed E-state index contributed by atoms with van der Waals surface area (Å²) < 4.78 is 58.0. The van der Waals surface area contributed by atoms with Gasteiger partial charge in [-0.15, -0.1) is 0 Å². The molecule has 0 fully saturated rings. The van der Waals surface area contributed by atoms with E-state index in [0.717, 1.165) is 0 Å². The molecule has 0 saturated carbocycles. The molecule has 2 heterocycles. The maximum Gasteiger partial charge on any atom is 0.421 e. The highest BCUT2D eigenvalue weighted by Gasteiger charge is 2.36. The average Bonchev–Trinajstić information content (AvgIpc) is 2.80. The van der Waals surface area contributed by atoms with Gasteiger partial charge in [-0.2, -0.15) is 18.2 Å². The Balaban J connectivity index is 2.05. The molecule has 0 aliphatic rings. The van der Waals surface area contributed by atoms with Crippen LogP contribution in [0.4, 0.5) is 36.3 Å². The second kappa shape index (κ2) is 11.2. The number of anilines is 4. The van der Waals surface area contributed by atoms with Crippen LogP contribution in [0.1, 0.15) is 21.6 Å². The Morgan fingerprint density at radius 1 is 1.16 bits per heavy atom. The van der Waals surface area contributed by atoms with Gasteiger partial charge in [0.15, 0.2) is 11.4 Å². The number of benzene rings is 1. The van der Waals surface area contributed by atoms with Gasteiger partial charge in [-0.1, -0.05) is 17.7 Å². The summed E-state index contributed by atoms with van der Waals surface area (Å²) in [4.78, 5) is 42.3. The number of nitrogens with one attached hydrogen (secondary N) is 3. The number of hydrogen-bond donors (Lipinski definition) is 5. The summed E-state index contributed by atoms with van der Waals surface area (Å²) in [5.41, 5.74) is -1.25. The lowest BCUT2D eigenvalue weighted by molar-refractivity contribution is -0.137. The van der Waals surface area contributed by atoms with Crippen LogP contribution in [0.25, 0.3) is 0 Å². The van der Waals surface area contributed by atoms with E-state index >= 15 is 0 Å². The van der Waals surface area contributed by atoms with Crippen LogP contribution in [0, 0.1) is 0 Å². The van der Waals surface area contributed by atoms with E-state index in [2.05, 4.69) is 46.8 Å². The molecule has 3 aromatic rings. The molecule has 1 aromatic carbocycles. The fourth-order valence-electron chi connectivity index (χ4n) is 3.06. The Hall–Kier alpha value is -2.97. The number of aromatic nitrogens is 3. The Labute approximate surface area is 221 Å². The van der Waals surface area contributed by atoms with Crippen LogP contribution in [-0.4, -0.2) is 44.8 Å². The van der Waals surface area contributed by atoms with Crippen molar-refractivity contribution in [3.05, 3.63) is 56.9 Å². The quantitative estimate of drug-likeness (QED) is 0.173. The SMILES string of the molecule is CNC(=O)c1nc(Br)ccc1Nc1nc(Nc2ccc(CP(=O)(O)O)c(Cl)c2OC)ncc1C(F)(F)F. The van der Waals surface area contributed by atoms with Crippen molar-refractivity contribution in [2.45, 2.75) is 12.3 Å². The van der Waals surface area contributed by atoms with Gasteiger partial charge in [0.05, 0.1) is 29.7 Å². The molecule has 0 radical (unpaired) electrons. The molecule has 37 heavy (non-hydrogen) atoms. The summed E-state index contributed by atoms with van der Waals surface area (Å²) >= 11 is 9.34. The van der Waals surface area contributed by atoms with Gasteiger partial charge in [0.1, 0.15) is 16.0 Å². The van der Waals surface area contributed by atoms with Gasteiger partial charge in [-0.3, -0.25) is 9.36 Å². The third-order valence-electron chi connectivity index (χ3n) is 4.65. The lowest BCUT2D eigenvalue weighted by Crippen LogP contribution is -2.21. The highest BCUT2D eigenvalue weighted by molar-refractivity contribution is 9.10. The first-order chi connectivity index (χ1) is 17.2. The van der Waals surface area contributed by atoms with Gasteiger partial charge in [0.2, 0.25) is 5.95 Å².